The Morgan fingerprint density at radius 3 is 2.59 bits per heavy atom. The molecular weight excluding hydrogens is 269 g/mol. The van der Waals surface area contributed by atoms with Gasteiger partial charge < -0.3 is 4.74 Å². The highest BCUT2D eigenvalue weighted by Crippen LogP contribution is 2.29. The van der Waals surface area contributed by atoms with E-state index in [4.69, 9.17) is 23.2 Å². The van der Waals surface area contributed by atoms with Crippen molar-refractivity contribution in [3.8, 4) is 0 Å². The number of carbonyl (C=O) groups is 1. The third kappa shape index (κ3) is 3.31. The number of nitro benzene ring substituents is 1. The molecule has 0 N–H and O–H groups in total. The van der Waals surface area contributed by atoms with Gasteiger partial charge >= 0.3 is 5.97 Å². The first kappa shape index (κ1) is 13.7. The standard InChI is InChI=1S/C10H9Cl2NO4/c1-17-10(14)4-6-2-8(12)9(13(15)16)3-7(6)5-11/h2-3H,4-5H2,1H3. The lowest BCUT2D eigenvalue weighted by Crippen LogP contribution is -2.07. The van der Waals surface area contributed by atoms with Gasteiger partial charge in [-0.05, 0) is 17.2 Å². The third-order valence-electron chi connectivity index (χ3n) is 2.17. The molecule has 1 aromatic rings. The SMILES string of the molecule is COC(=O)Cc1cc(Cl)c([N+](=O)[O-])cc1CCl. The van der Waals surface area contributed by atoms with Crippen molar-refractivity contribution in [1.82, 2.24) is 0 Å². The van der Waals surface area contributed by atoms with E-state index in [9.17, 15) is 14.9 Å². The third-order valence-corrected chi connectivity index (χ3v) is 2.76. The van der Waals surface area contributed by atoms with Crippen LogP contribution in [0.2, 0.25) is 5.02 Å². The number of carbonyl (C=O) groups excluding carboxylic acids is 1. The summed E-state index contributed by atoms with van der Waals surface area (Å²) < 4.78 is 4.51. The molecule has 0 saturated heterocycles. The lowest BCUT2D eigenvalue weighted by atomic mass is 10.0. The van der Waals surface area contributed by atoms with Crippen molar-refractivity contribution < 1.29 is 14.5 Å². The molecule has 1 rings (SSSR count). The van der Waals surface area contributed by atoms with Gasteiger partial charge in [0.2, 0.25) is 0 Å². The molecule has 0 atom stereocenters. The molecule has 1 aromatic carbocycles. The minimum Gasteiger partial charge on any atom is -0.469 e. The topological polar surface area (TPSA) is 69.4 Å². The van der Waals surface area contributed by atoms with Crippen LogP contribution in [0.1, 0.15) is 11.1 Å². The Bertz CT molecular complexity index is 462. The van der Waals surface area contributed by atoms with Gasteiger partial charge in [0.25, 0.3) is 5.69 Å². The molecule has 0 aromatic heterocycles. The van der Waals surface area contributed by atoms with Gasteiger partial charge in [-0.25, -0.2) is 0 Å². The second-order valence-corrected chi connectivity index (χ2v) is 3.89. The maximum absolute atomic E-state index is 11.1. The molecule has 7 heteroatoms. The maximum Gasteiger partial charge on any atom is 0.309 e. The number of alkyl halides is 1. The summed E-state index contributed by atoms with van der Waals surface area (Å²) in [5, 5.41) is 10.6. The largest absolute Gasteiger partial charge is 0.469 e. The molecule has 0 amide bonds. The molecule has 0 aliphatic heterocycles. The smallest absolute Gasteiger partial charge is 0.309 e. The van der Waals surface area contributed by atoms with Crippen molar-refractivity contribution in [3.63, 3.8) is 0 Å². The summed E-state index contributed by atoms with van der Waals surface area (Å²) >= 11 is 11.4. The molecule has 92 valence electrons. The average Bonchev–Trinajstić information content (AvgIpc) is 2.28. The van der Waals surface area contributed by atoms with E-state index in [-0.39, 0.29) is 23.0 Å². The molecular formula is C10H9Cl2NO4. The van der Waals surface area contributed by atoms with E-state index in [2.05, 4.69) is 4.74 Å². The van der Waals surface area contributed by atoms with Crippen molar-refractivity contribution in [3.05, 3.63) is 38.4 Å². The predicted molar refractivity (Wildman–Crippen MR) is 63.4 cm³/mol. The number of hydrogen-bond donors (Lipinski definition) is 0. The van der Waals surface area contributed by atoms with Gasteiger partial charge in [-0.15, -0.1) is 11.6 Å². The van der Waals surface area contributed by atoms with Gasteiger partial charge in [0.05, 0.1) is 18.5 Å². The van der Waals surface area contributed by atoms with Gasteiger partial charge in [0, 0.05) is 11.9 Å². The summed E-state index contributed by atoms with van der Waals surface area (Å²) in [5.41, 5.74) is 0.798. The molecule has 0 aliphatic rings. The van der Waals surface area contributed by atoms with E-state index in [0.29, 0.717) is 11.1 Å². The van der Waals surface area contributed by atoms with Crippen LogP contribution in [-0.2, 0) is 21.8 Å². The van der Waals surface area contributed by atoms with E-state index >= 15 is 0 Å². The fourth-order valence-corrected chi connectivity index (χ4v) is 1.81. The number of benzene rings is 1. The Balaban J connectivity index is 3.18. The number of hydrogen-bond acceptors (Lipinski definition) is 4. The Labute approximate surface area is 107 Å². The van der Waals surface area contributed by atoms with Crippen LogP contribution in [-0.4, -0.2) is 18.0 Å². The van der Waals surface area contributed by atoms with Crippen LogP contribution in [0.3, 0.4) is 0 Å². The number of ether oxygens (including phenoxy) is 1. The van der Waals surface area contributed by atoms with Crippen LogP contribution in [0.5, 0.6) is 0 Å². The first-order chi connectivity index (χ1) is 7.99. The van der Waals surface area contributed by atoms with Gasteiger partial charge in [0.15, 0.2) is 0 Å². The van der Waals surface area contributed by atoms with Gasteiger partial charge in [-0.2, -0.15) is 0 Å². The summed E-state index contributed by atoms with van der Waals surface area (Å²) in [4.78, 5) is 21.2. The van der Waals surface area contributed by atoms with E-state index in [1.807, 2.05) is 0 Å². The number of halogens is 2. The lowest BCUT2D eigenvalue weighted by molar-refractivity contribution is -0.384. The van der Waals surface area contributed by atoms with Crippen LogP contribution in [0.15, 0.2) is 12.1 Å². The summed E-state index contributed by atoms with van der Waals surface area (Å²) in [5.74, 6) is -0.397. The Kier molecular flexibility index (Phi) is 4.72. The second-order valence-electron chi connectivity index (χ2n) is 3.22. The molecule has 0 spiro atoms. The average molecular weight is 278 g/mol. The minimum atomic E-state index is -0.597. The maximum atomic E-state index is 11.1. The number of rotatable bonds is 4. The van der Waals surface area contributed by atoms with E-state index < -0.39 is 10.9 Å². The Morgan fingerprint density at radius 2 is 2.12 bits per heavy atom. The lowest BCUT2D eigenvalue weighted by Gasteiger charge is -2.07. The number of methoxy groups -OCH3 is 1. The van der Waals surface area contributed by atoms with E-state index in [1.54, 1.807) is 0 Å². The van der Waals surface area contributed by atoms with Crippen LogP contribution in [0.25, 0.3) is 0 Å². The van der Waals surface area contributed by atoms with Crippen LogP contribution in [0.4, 0.5) is 5.69 Å². The Morgan fingerprint density at radius 1 is 1.47 bits per heavy atom. The number of nitrogens with zero attached hydrogens (tertiary/aromatic N) is 1. The van der Waals surface area contributed by atoms with Crippen molar-refractivity contribution in [2.24, 2.45) is 0 Å². The highest BCUT2D eigenvalue weighted by atomic mass is 35.5. The first-order valence-corrected chi connectivity index (χ1v) is 5.49. The summed E-state index contributed by atoms with van der Waals surface area (Å²) in [6.45, 7) is 0. The fraction of sp³-hybridized carbons (Fsp3) is 0.300. The molecule has 0 aliphatic carbocycles. The van der Waals surface area contributed by atoms with Crippen molar-refractivity contribution in [2.75, 3.05) is 7.11 Å². The molecule has 0 fully saturated rings. The normalized spacial score (nSPS) is 10.1. The molecule has 5 nitrogen and oxygen atoms in total. The molecule has 0 heterocycles. The zero-order valence-corrected chi connectivity index (χ0v) is 10.4. The van der Waals surface area contributed by atoms with Gasteiger partial charge in [-0.1, -0.05) is 11.6 Å². The first-order valence-electron chi connectivity index (χ1n) is 4.58. The zero-order chi connectivity index (χ0) is 13.0. The molecule has 17 heavy (non-hydrogen) atoms. The van der Waals surface area contributed by atoms with Gasteiger partial charge in [0.1, 0.15) is 5.02 Å². The van der Waals surface area contributed by atoms with Crippen molar-refractivity contribution >= 4 is 34.9 Å². The van der Waals surface area contributed by atoms with Crippen molar-refractivity contribution in [2.45, 2.75) is 12.3 Å². The summed E-state index contributed by atoms with van der Waals surface area (Å²) in [6.07, 6.45) is -0.0176. The monoisotopic (exact) mass is 277 g/mol. The van der Waals surface area contributed by atoms with E-state index in [0.717, 1.165) is 0 Å². The fourth-order valence-electron chi connectivity index (χ4n) is 1.30. The highest BCUT2D eigenvalue weighted by Gasteiger charge is 2.18. The zero-order valence-electron chi connectivity index (χ0n) is 8.91. The summed E-state index contributed by atoms with van der Waals surface area (Å²) in [7, 11) is 1.26. The molecule has 0 saturated carbocycles. The predicted octanol–water partition coefficient (Wildman–Crippen LogP) is 2.70. The van der Waals surface area contributed by atoms with Gasteiger partial charge in [-0.3, -0.25) is 14.9 Å². The Hall–Kier alpha value is -1.33. The number of nitro groups is 1. The van der Waals surface area contributed by atoms with Crippen LogP contribution < -0.4 is 0 Å². The highest BCUT2D eigenvalue weighted by molar-refractivity contribution is 6.32. The summed E-state index contributed by atoms with van der Waals surface area (Å²) in [6, 6.07) is 2.64. The molecule has 0 radical (unpaired) electrons. The van der Waals surface area contributed by atoms with Crippen LogP contribution in [0, 0.1) is 10.1 Å². The van der Waals surface area contributed by atoms with Crippen LogP contribution >= 0.6 is 23.2 Å². The van der Waals surface area contributed by atoms with E-state index in [1.165, 1.54) is 19.2 Å². The minimum absolute atomic E-state index is 0.0176. The van der Waals surface area contributed by atoms with Crippen molar-refractivity contribution in [1.29, 1.82) is 0 Å². The second kappa shape index (κ2) is 5.84. The number of esters is 1. The quantitative estimate of drug-likeness (QED) is 0.367. The molecule has 0 unspecified atom stereocenters. The molecule has 0 bridgehead atoms.